The van der Waals surface area contributed by atoms with Crippen LogP contribution in [0.4, 0.5) is 0 Å². The van der Waals surface area contributed by atoms with Gasteiger partial charge in [-0.15, -0.1) is 0 Å². The SMILES string of the molecule is CC1=CC(C=O)C=C(c2ccccc2)O1. The molecule has 1 heterocycles. The van der Waals surface area contributed by atoms with E-state index < -0.39 is 0 Å². The fourth-order valence-electron chi connectivity index (χ4n) is 1.57. The minimum atomic E-state index is -0.172. The minimum absolute atomic E-state index is 0.172. The molecule has 1 aromatic carbocycles. The molecule has 0 saturated heterocycles. The molecule has 0 radical (unpaired) electrons. The van der Waals surface area contributed by atoms with Crippen molar-refractivity contribution in [3.8, 4) is 0 Å². The highest BCUT2D eigenvalue weighted by atomic mass is 16.5. The van der Waals surface area contributed by atoms with Crippen LogP contribution in [0.1, 0.15) is 12.5 Å². The Morgan fingerprint density at radius 3 is 2.60 bits per heavy atom. The molecule has 0 spiro atoms. The molecule has 1 aliphatic heterocycles. The first-order valence-electron chi connectivity index (χ1n) is 4.88. The maximum Gasteiger partial charge on any atom is 0.131 e. The Balaban J connectivity index is 2.31. The fourth-order valence-corrected chi connectivity index (χ4v) is 1.57. The Kier molecular flexibility index (Phi) is 2.68. The number of rotatable bonds is 2. The second-order valence-electron chi connectivity index (χ2n) is 3.49. The molecule has 2 rings (SSSR count). The Hall–Kier alpha value is -1.83. The number of hydrogen-bond acceptors (Lipinski definition) is 2. The summed E-state index contributed by atoms with van der Waals surface area (Å²) >= 11 is 0. The third-order valence-electron chi connectivity index (χ3n) is 2.26. The highest BCUT2D eigenvalue weighted by Crippen LogP contribution is 2.25. The molecule has 1 atom stereocenters. The summed E-state index contributed by atoms with van der Waals surface area (Å²) in [6, 6.07) is 9.78. The summed E-state index contributed by atoms with van der Waals surface area (Å²) in [5.74, 6) is 1.36. The number of allylic oxidation sites excluding steroid dienone is 3. The largest absolute Gasteiger partial charge is 0.462 e. The summed E-state index contributed by atoms with van der Waals surface area (Å²) in [4.78, 5) is 10.7. The van der Waals surface area contributed by atoms with E-state index in [-0.39, 0.29) is 5.92 Å². The molecule has 0 bridgehead atoms. The van der Waals surface area contributed by atoms with E-state index in [1.54, 1.807) is 6.08 Å². The first kappa shape index (κ1) is 9.71. The van der Waals surface area contributed by atoms with Crippen LogP contribution < -0.4 is 0 Å². The maximum absolute atomic E-state index is 10.7. The summed E-state index contributed by atoms with van der Waals surface area (Å²) in [6.07, 6.45) is 4.55. The van der Waals surface area contributed by atoms with Crippen molar-refractivity contribution >= 4 is 12.0 Å². The standard InChI is InChI=1S/C13H12O2/c1-10-7-11(9-14)8-13(15-10)12-5-3-2-4-6-12/h2-9,11H,1H3. The lowest BCUT2D eigenvalue weighted by Crippen LogP contribution is -2.04. The number of carbonyl (C=O) groups is 1. The van der Waals surface area contributed by atoms with Crippen molar-refractivity contribution in [2.24, 2.45) is 5.92 Å². The van der Waals surface area contributed by atoms with Crippen LogP contribution in [-0.4, -0.2) is 6.29 Å². The molecule has 76 valence electrons. The summed E-state index contributed by atoms with van der Waals surface area (Å²) in [6.45, 7) is 1.85. The van der Waals surface area contributed by atoms with E-state index in [1.165, 1.54) is 0 Å². The van der Waals surface area contributed by atoms with Crippen molar-refractivity contribution in [1.82, 2.24) is 0 Å². The Labute approximate surface area is 88.9 Å². The molecule has 0 N–H and O–H groups in total. The first-order valence-corrected chi connectivity index (χ1v) is 4.88. The van der Waals surface area contributed by atoms with Crippen molar-refractivity contribution < 1.29 is 9.53 Å². The third-order valence-corrected chi connectivity index (χ3v) is 2.26. The van der Waals surface area contributed by atoms with Crippen LogP contribution in [-0.2, 0) is 9.53 Å². The predicted molar refractivity (Wildman–Crippen MR) is 58.8 cm³/mol. The Morgan fingerprint density at radius 1 is 1.20 bits per heavy atom. The van der Waals surface area contributed by atoms with Gasteiger partial charge in [0, 0.05) is 5.56 Å². The van der Waals surface area contributed by atoms with E-state index in [9.17, 15) is 4.79 Å². The number of aldehydes is 1. The van der Waals surface area contributed by atoms with Gasteiger partial charge in [-0.05, 0) is 19.1 Å². The highest BCUT2D eigenvalue weighted by Gasteiger charge is 2.13. The number of hydrogen-bond donors (Lipinski definition) is 0. The van der Waals surface area contributed by atoms with Crippen molar-refractivity contribution in [3.05, 3.63) is 53.8 Å². The second kappa shape index (κ2) is 4.13. The van der Waals surface area contributed by atoms with Crippen LogP contribution in [0.2, 0.25) is 0 Å². The van der Waals surface area contributed by atoms with Crippen LogP contribution >= 0.6 is 0 Å². The molecule has 1 aromatic rings. The average Bonchev–Trinajstić information content (AvgIpc) is 2.29. The van der Waals surface area contributed by atoms with Crippen LogP contribution in [0.15, 0.2) is 48.2 Å². The van der Waals surface area contributed by atoms with Crippen molar-refractivity contribution in [1.29, 1.82) is 0 Å². The maximum atomic E-state index is 10.7. The molecular weight excluding hydrogens is 188 g/mol. The molecule has 0 saturated carbocycles. The number of carbonyl (C=O) groups excluding carboxylic acids is 1. The fraction of sp³-hybridized carbons (Fsp3) is 0.154. The van der Waals surface area contributed by atoms with E-state index >= 15 is 0 Å². The molecule has 0 aromatic heterocycles. The van der Waals surface area contributed by atoms with E-state index in [2.05, 4.69) is 0 Å². The van der Waals surface area contributed by atoms with Gasteiger partial charge in [0.15, 0.2) is 0 Å². The second-order valence-corrected chi connectivity index (χ2v) is 3.49. The molecular formula is C13H12O2. The molecule has 1 aliphatic rings. The summed E-state index contributed by atoms with van der Waals surface area (Å²) in [7, 11) is 0. The van der Waals surface area contributed by atoms with Crippen LogP contribution in [0, 0.1) is 5.92 Å². The average molecular weight is 200 g/mol. The highest BCUT2D eigenvalue weighted by molar-refractivity contribution is 5.70. The molecule has 0 aliphatic carbocycles. The van der Waals surface area contributed by atoms with Gasteiger partial charge in [0.2, 0.25) is 0 Å². The van der Waals surface area contributed by atoms with Gasteiger partial charge in [0.05, 0.1) is 11.7 Å². The zero-order valence-electron chi connectivity index (χ0n) is 8.51. The molecule has 2 nitrogen and oxygen atoms in total. The van der Waals surface area contributed by atoms with Crippen molar-refractivity contribution in [2.75, 3.05) is 0 Å². The van der Waals surface area contributed by atoms with Gasteiger partial charge >= 0.3 is 0 Å². The lowest BCUT2D eigenvalue weighted by atomic mass is 10.0. The molecule has 2 heteroatoms. The quantitative estimate of drug-likeness (QED) is 0.686. The van der Waals surface area contributed by atoms with Crippen molar-refractivity contribution in [2.45, 2.75) is 6.92 Å². The molecule has 0 fully saturated rings. The normalized spacial score (nSPS) is 19.9. The molecule has 1 unspecified atom stereocenters. The van der Waals surface area contributed by atoms with Crippen LogP contribution in [0.25, 0.3) is 5.76 Å². The van der Waals surface area contributed by atoms with Gasteiger partial charge < -0.3 is 9.53 Å². The van der Waals surface area contributed by atoms with Gasteiger partial charge in [0.25, 0.3) is 0 Å². The van der Waals surface area contributed by atoms with Crippen molar-refractivity contribution in [3.63, 3.8) is 0 Å². The lowest BCUT2D eigenvalue weighted by Gasteiger charge is -2.17. The van der Waals surface area contributed by atoms with E-state index in [1.807, 2.05) is 43.3 Å². The summed E-state index contributed by atoms with van der Waals surface area (Å²) < 4.78 is 5.57. The topological polar surface area (TPSA) is 26.3 Å². The Bertz CT molecular complexity index is 415. The van der Waals surface area contributed by atoms with Gasteiger partial charge in [0.1, 0.15) is 12.0 Å². The van der Waals surface area contributed by atoms with E-state index in [0.717, 1.165) is 23.4 Å². The monoisotopic (exact) mass is 200 g/mol. The van der Waals surface area contributed by atoms with Gasteiger partial charge in [-0.25, -0.2) is 0 Å². The predicted octanol–water partition coefficient (Wildman–Crippen LogP) is 2.78. The van der Waals surface area contributed by atoms with Crippen LogP contribution in [0.3, 0.4) is 0 Å². The summed E-state index contributed by atoms with van der Waals surface area (Å²) in [5, 5.41) is 0. The molecule has 15 heavy (non-hydrogen) atoms. The minimum Gasteiger partial charge on any atom is -0.462 e. The van der Waals surface area contributed by atoms with Gasteiger partial charge in [-0.1, -0.05) is 30.3 Å². The zero-order valence-corrected chi connectivity index (χ0v) is 8.51. The summed E-state index contributed by atoms with van der Waals surface area (Å²) in [5.41, 5.74) is 0.997. The lowest BCUT2D eigenvalue weighted by molar-refractivity contribution is -0.109. The zero-order chi connectivity index (χ0) is 10.7. The van der Waals surface area contributed by atoms with E-state index in [0.29, 0.717) is 0 Å². The number of benzene rings is 1. The smallest absolute Gasteiger partial charge is 0.131 e. The van der Waals surface area contributed by atoms with Gasteiger partial charge in [-0.3, -0.25) is 0 Å². The number of ether oxygens (including phenoxy) is 1. The third kappa shape index (κ3) is 2.15. The molecule has 0 amide bonds. The van der Waals surface area contributed by atoms with Crippen LogP contribution in [0.5, 0.6) is 0 Å². The Morgan fingerprint density at radius 2 is 1.93 bits per heavy atom. The van der Waals surface area contributed by atoms with E-state index in [4.69, 9.17) is 4.74 Å². The first-order chi connectivity index (χ1) is 7.29. The van der Waals surface area contributed by atoms with Gasteiger partial charge in [-0.2, -0.15) is 0 Å².